The Kier molecular flexibility index (Phi) is 3.28. The Bertz CT molecular complexity index is 521. The van der Waals surface area contributed by atoms with Crippen LogP contribution >= 0.6 is 0 Å². The molecule has 1 saturated heterocycles. The summed E-state index contributed by atoms with van der Waals surface area (Å²) in [4.78, 5) is 0. The number of aliphatic hydroxyl groups is 1. The molecule has 128 valence electrons. The van der Waals surface area contributed by atoms with Crippen LogP contribution in [-0.2, 0) is 9.47 Å². The number of hydrogen-bond acceptors (Lipinski definition) is 3. The van der Waals surface area contributed by atoms with Crippen LogP contribution < -0.4 is 0 Å². The molecular formula is C20H30O3. The highest BCUT2D eigenvalue weighted by molar-refractivity contribution is 5.22. The number of rotatable bonds is 0. The molecular weight excluding hydrogens is 288 g/mol. The van der Waals surface area contributed by atoms with E-state index in [9.17, 15) is 5.11 Å². The largest absolute Gasteiger partial charge is 0.393 e. The van der Waals surface area contributed by atoms with Gasteiger partial charge in [0, 0.05) is 6.42 Å². The van der Waals surface area contributed by atoms with Crippen molar-refractivity contribution in [3.8, 4) is 0 Å². The second-order valence-corrected chi connectivity index (χ2v) is 8.98. The van der Waals surface area contributed by atoms with Crippen molar-refractivity contribution in [2.45, 2.75) is 70.2 Å². The Morgan fingerprint density at radius 2 is 1.83 bits per heavy atom. The lowest BCUT2D eigenvalue weighted by molar-refractivity contribution is -0.135. The van der Waals surface area contributed by atoms with Crippen molar-refractivity contribution in [2.24, 2.45) is 29.1 Å². The van der Waals surface area contributed by atoms with Crippen molar-refractivity contribution in [1.82, 2.24) is 0 Å². The van der Waals surface area contributed by atoms with Gasteiger partial charge in [0.05, 0.1) is 19.3 Å². The molecule has 3 heteroatoms. The SMILES string of the molecule is C[C@]12CC[C@H]3[C@@H](CCC4=CC5(CC[C@@H]43)OCCO5)[C@@H]1CC[C@@H]2O. The Morgan fingerprint density at radius 1 is 1.00 bits per heavy atom. The van der Waals surface area contributed by atoms with Crippen molar-refractivity contribution in [1.29, 1.82) is 0 Å². The molecule has 3 nitrogen and oxygen atoms in total. The molecule has 0 unspecified atom stereocenters. The summed E-state index contributed by atoms with van der Waals surface area (Å²) in [5.41, 5.74) is 1.83. The van der Waals surface area contributed by atoms with Crippen LogP contribution in [0.1, 0.15) is 58.3 Å². The molecule has 5 rings (SSSR count). The van der Waals surface area contributed by atoms with Crippen molar-refractivity contribution in [3.05, 3.63) is 11.6 Å². The summed E-state index contributed by atoms with van der Waals surface area (Å²) in [6.45, 7) is 3.87. The van der Waals surface area contributed by atoms with E-state index in [-0.39, 0.29) is 17.3 Å². The van der Waals surface area contributed by atoms with Gasteiger partial charge in [0.25, 0.3) is 0 Å². The van der Waals surface area contributed by atoms with Crippen LogP contribution in [0.2, 0.25) is 0 Å². The fourth-order valence-corrected chi connectivity index (χ4v) is 6.99. The van der Waals surface area contributed by atoms with Crippen LogP contribution in [0, 0.1) is 29.1 Å². The molecule has 23 heavy (non-hydrogen) atoms. The van der Waals surface area contributed by atoms with Gasteiger partial charge in [-0.15, -0.1) is 0 Å². The van der Waals surface area contributed by atoms with E-state index in [0.29, 0.717) is 0 Å². The lowest BCUT2D eigenvalue weighted by Crippen LogP contribution is -2.48. The number of aliphatic hydroxyl groups excluding tert-OH is 1. The Morgan fingerprint density at radius 3 is 2.65 bits per heavy atom. The quantitative estimate of drug-likeness (QED) is 0.693. The first-order valence-corrected chi connectivity index (χ1v) is 9.79. The van der Waals surface area contributed by atoms with E-state index in [4.69, 9.17) is 9.47 Å². The van der Waals surface area contributed by atoms with Gasteiger partial charge >= 0.3 is 0 Å². The summed E-state index contributed by atoms with van der Waals surface area (Å²) < 4.78 is 11.9. The molecule has 1 spiro atoms. The maximum Gasteiger partial charge on any atom is 0.188 e. The minimum atomic E-state index is -0.370. The third-order valence-electron chi connectivity index (χ3n) is 8.19. The third-order valence-corrected chi connectivity index (χ3v) is 8.19. The summed E-state index contributed by atoms with van der Waals surface area (Å²) in [5, 5.41) is 10.5. The summed E-state index contributed by atoms with van der Waals surface area (Å²) in [6.07, 6.45) is 11.9. The Labute approximate surface area is 139 Å². The van der Waals surface area contributed by atoms with E-state index >= 15 is 0 Å². The highest BCUT2D eigenvalue weighted by atomic mass is 16.7. The summed E-state index contributed by atoms with van der Waals surface area (Å²) in [6, 6.07) is 0. The summed E-state index contributed by atoms with van der Waals surface area (Å²) in [5.74, 6) is 2.83. The van der Waals surface area contributed by atoms with Crippen molar-refractivity contribution in [3.63, 3.8) is 0 Å². The van der Waals surface area contributed by atoms with Crippen molar-refractivity contribution < 1.29 is 14.6 Å². The second-order valence-electron chi connectivity index (χ2n) is 8.98. The molecule has 0 radical (unpaired) electrons. The van der Waals surface area contributed by atoms with Crippen LogP contribution in [0.15, 0.2) is 11.6 Å². The summed E-state index contributed by atoms with van der Waals surface area (Å²) >= 11 is 0. The Hall–Kier alpha value is -0.380. The van der Waals surface area contributed by atoms with E-state index < -0.39 is 0 Å². The molecule has 1 N–H and O–H groups in total. The topological polar surface area (TPSA) is 38.7 Å². The van der Waals surface area contributed by atoms with Crippen molar-refractivity contribution >= 4 is 0 Å². The number of fused-ring (bicyclic) bond motifs is 5. The summed E-state index contributed by atoms with van der Waals surface area (Å²) in [7, 11) is 0. The first kappa shape index (κ1) is 14.9. The lowest BCUT2D eigenvalue weighted by Gasteiger charge is -2.54. The lowest BCUT2D eigenvalue weighted by atomic mass is 9.52. The van der Waals surface area contributed by atoms with E-state index in [1.54, 1.807) is 5.57 Å². The Balaban J connectivity index is 1.42. The second kappa shape index (κ2) is 5.06. The van der Waals surface area contributed by atoms with Gasteiger partial charge in [0.15, 0.2) is 5.79 Å². The third kappa shape index (κ3) is 2.06. The smallest absolute Gasteiger partial charge is 0.188 e. The van der Waals surface area contributed by atoms with Gasteiger partial charge in [0.2, 0.25) is 0 Å². The van der Waals surface area contributed by atoms with Gasteiger partial charge in [-0.25, -0.2) is 0 Å². The molecule has 5 aliphatic rings. The molecule has 3 saturated carbocycles. The molecule has 4 fully saturated rings. The zero-order valence-corrected chi connectivity index (χ0v) is 14.3. The van der Waals surface area contributed by atoms with Gasteiger partial charge in [-0.05, 0) is 80.1 Å². The molecule has 0 aromatic heterocycles. The van der Waals surface area contributed by atoms with Crippen LogP contribution in [0.25, 0.3) is 0 Å². The number of hydrogen-bond donors (Lipinski definition) is 1. The van der Waals surface area contributed by atoms with Gasteiger partial charge in [0.1, 0.15) is 0 Å². The van der Waals surface area contributed by atoms with Gasteiger partial charge in [-0.1, -0.05) is 12.5 Å². The fourth-order valence-electron chi connectivity index (χ4n) is 6.99. The molecule has 0 bridgehead atoms. The molecule has 0 aromatic carbocycles. The monoisotopic (exact) mass is 318 g/mol. The van der Waals surface area contributed by atoms with E-state index in [1.807, 2.05) is 0 Å². The highest BCUT2D eigenvalue weighted by Crippen LogP contribution is 2.62. The van der Waals surface area contributed by atoms with E-state index in [2.05, 4.69) is 13.0 Å². The van der Waals surface area contributed by atoms with Gasteiger partial charge < -0.3 is 14.6 Å². The maximum absolute atomic E-state index is 10.5. The molecule has 0 aromatic rings. The van der Waals surface area contributed by atoms with Gasteiger partial charge in [-0.3, -0.25) is 0 Å². The van der Waals surface area contributed by atoms with Gasteiger partial charge in [-0.2, -0.15) is 0 Å². The highest BCUT2D eigenvalue weighted by Gasteiger charge is 2.56. The molecule has 0 amide bonds. The predicted molar refractivity (Wildman–Crippen MR) is 87.7 cm³/mol. The minimum absolute atomic E-state index is 0.0553. The van der Waals surface area contributed by atoms with Crippen LogP contribution in [0.5, 0.6) is 0 Å². The van der Waals surface area contributed by atoms with Crippen molar-refractivity contribution in [2.75, 3.05) is 13.2 Å². The first-order valence-electron chi connectivity index (χ1n) is 9.79. The molecule has 6 atom stereocenters. The molecule has 1 heterocycles. The molecule has 4 aliphatic carbocycles. The average molecular weight is 318 g/mol. The zero-order chi connectivity index (χ0) is 15.7. The first-order chi connectivity index (χ1) is 11.1. The zero-order valence-electron chi connectivity index (χ0n) is 14.3. The molecule has 1 aliphatic heterocycles. The minimum Gasteiger partial charge on any atom is -0.393 e. The maximum atomic E-state index is 10.5. The average Bonchev–Trinajstić information content (AvgIpc) is 3.12. The number of ether oxygens (including phenoxy) is 2. The number of allylic oxidation sites excluding steroid dienone is 1. The van der Waals surface area contributed by atoms with E-state index in [1.165, 1.54) is 38.5 Å². The fraction of sp³-hybridized carbons (Fsp3) is 0.900. The van der Waals surface area contributed by atoms with E-state index in [0.717, 1.165) is 49.7 Å². The van der Waals surface area contributed by atoms with Crippen LogP contribution in [0.4, 0.5) is 0 Å². The normalized spacial score (nSPS) is 51.0. The predicted octanol–water partition coefficient (Wildman–Crippen LogP) is 3.66. The van der Waals surface area contributed by atoms with Crippen LogP contribution in [0.3, 0.4) is 0 Å². The standard InChI is InChI=1S/C20H30O3/c1-19-8-6-15-14-7-9-20(22-10-11-23-20)12-13(14)2-3-16(15)17(19)4-5-18(19)21/h12,14-18,21H,2-11H2,1H3/t14-,15+,16+,17-,18-,19-/m0/s1. The van der Waals surface area contributed by atoms with Crippen LogP contribution in [-0.4, -0.2) is 30.2 Å².